The molecule has 1 unspecified atom stereocenters. The van der Waals surface area contributed by atoms with Crippen LogP contribution in [0.4, 0.5) is 10.1 Å². The standard InChI is InChI=1S/C28H34FN5O2/c1-17-16-34(27(28(3,4)5)21-10-8-19(29)12-24(21)36-7)18(2)15-33(17)23-13-25(35)32(6)22-11-9-20(14-30)31-26(22)23/h8-13,17-18,27H,15-16H2,1-7H3/t17-,18+,27?/m0/s1. The van der Waals surface area contributed by atoms with E-state index in [9.17, 15) is 14.4 Å². The number of pyridine rings is 2. The highest BCUT2D eigenvalue weighted by Crippen LogP contribution is 2.44. The Kier molecular flexibility index (Phi) is 6.80. The van der Waals surface area contributed by atoms with Crippen LogP contribution in [0.5, 0.6) is 5.75 Å². The number of hydrogen-bond donors (Lipinski definition) is 0. The van der Waals surface area contributed by atoms with Crippen LogP contribution >= 0.6 is 0 Å². The molecule has 0 bridgehead atoms. The lowest BCUT2D eigenvalue weighted by molar-refractivity contribution is 0.0422. The van der Waals surface area contributed by atoms with Crippen molar-refractivity contribution in [3.8, 4) is 11.8 Å². The SMILES string of the molecule is COc1cc(F)ccc1C(N1C[C@H](C)N(c2cc(=O)n(C)c3ccc(C#N)nc23)C[C@H]1C)C(C)(C)C. The van der Waals surface area contributed by atoms with Crippen molar-refractivity contribution in [1.82, 2.24) is 14.5 Å². The number of hydrogen-bond acceptors (Lipinski definition) is 6. The van der Waals surface area contributed by atoms with E-state index < -0.39 is 0 Å². The van der Waals surface area contributed by atoms with Crippen LogP contribution in [0.3, 0.4) is 0 Å². The summed E-state index contributed by atoms with van der Waals surface area (Å²) < 4.78 is 21.2. The Morgan fingerprint density at radius 2 is 1.86 bits per heavy atom. The minimum Gasteiger partial charge on any atom is -0.496 e. The van der Waals surface area contributed by atoms with Crippen molar-refractivity contribution >= 4 is 16.7 Å². The zero-order chi connectivity index (χ0) is 26.4. The van der Waals surface area contributed by atoms with Crippen molar-refractivity contribution in [3.05, 3.63) is 63.8 Å². The molecule has 0 N–H and O–H groups in total. The third-order valence-corrected chi connectivity index (χ3v) is 7.17. The van der Waals surface area contributed by atoms with Crippen molar-refractivity contribution in [2.24, 2.45) is 12.5 Å². The van der Waals surface area contributed by atoms with Crippen molar-refractivity contribution in [3.63, 3.8) is 0 Å². The average molecular weight is 492 g/mol. The van der Waals surface area contributed by atoms with Crippen LogP contribution in [0.15, 0.2) is 41.2 Å². The Morgan fingerprint density at radius 3 is 2.50 bits per heavy atom. The smallest absolute Gasteiger partial charge is 0.252 e. The molecule has 2 aromatic heterocycles. The van der Waals surface area contributed by atoms with E-state index in [0.29, 0.717) is 29.0 Å². The summed E-state index contributed by atoms with van der Waals surface area (Å²) in [5.41, 5.74) is 3.10. The van der Waals surface area contributed by atoms with Crippen LogP contribution in [-0.4, -0.2) is 46.7 Å². The summed E-state index contributed by atoms with van der Waals surface area (Å²) in [5.74, 6) is 0.222. The monoisotopic (exact) mass is 491 g/mol. The van der Waals surface area contributed by atoms with E-state index >= 15 is 0 Å². The molecule has 3 atom stereocenters. The molecule has 8 heteroatoms. The fourth-order valence-corrected chi connectivity index (χ4v) is 5.50. The predicted octanol–water partition coefficient (Wildman–Crippen LogP) is 4.64. The lowest BCUT2D eigenvalue weighted by Crippen LogP contribution is -2.59. The number of halogens is 1. The molecule has 0 radical (unpaired) electrons. The number of fused-ring (bicyclic) bond motifs is 1. The second-order valence-corrected chi connectivity index (χ2v) is 10.8. The summed E-state index contributed by atoms with van der Waals surface area (Å²) in [4.78, 5) is 22.1. The largest absolute Gasteiger partial charge is 0.496 e. The quantitative estimate of drug-likeness (QED) is 0.529. The molecule has 3 heterocycles. The molecule has 4 rings (SSSR count). The minimum absolute atomic E-state index is 0.0173. The lowest BCUT2D eigenvalue weighted by atomic mass is 9.79. The molecule has 3 aromatic rings. The van der Waals surface area contributed by atoms with Gasteiger partial charge in [-0.05, 0) is 37.5 Å². The zero-order valence-corrected chi connectivity index (χ0v) is 22.0. The fourth-order valence-electron chi connectivity index (χ4n) is 5.50. The molecule has 1 fully saturated rings. The highest BCUT2D eigenvalue weighted by atomic mass is 19.1. The van der Waals surface area contributed by atoms with Gasteiger partial charge in [-0.15, -0.1) is 0 Å². The first-order valence-corrected chi connectivity index (χ1v) is 12.2. The molecule has 7 nitrogen and oxygen atoms in total. The van der Waals surface area contributed by atoms with Crippen molar-refractivity contribution in [2.75, 3.05) is 25.1 Å². The number of nitriles is 1. The van der Waals surface area contributed by atoms with Crippen LogP contribution in [0.2, 0.25) is 0 Å². The highest BCUT2D eigenvalue weighted by molar-refractivity contribution is 5.89. The Bertz CT molecular complexity index is 1390. The van der Waals surface area contributed by atoms with Gasteiger partial charge in [0.25, 0.3) is 5.56 Å². The molecule has 0 amide bonds. The van der Waals surface area contributed by atoms with Gasteiger partial charge in [0.05, 0.1) is 18.3 Å². The molecule has 0 saturated carbocycles. The molecular formula is C28H34FN5O2. The number of benzene rings is 1. The van der Waals surface area contributed by atoms with Crippen LogP contribution in [0, 0.1) is 22.6 Å². The van der Waals surface area contributed by atoms with Gasteiger partial charge in [-0.3, -0.25) is 9.69 Å². The average Bonchev–Trinajstić information content (AvgIpc) is 2.83. The van der Waals surface area contributed by atoms with E-state index in [1.54, 1.807) is 36.9 Å². The van der Waals surface area contributed by atoms with Gasteiger partial charge in [0.2, 0.25) is 0 Å². The van der Waals surface area contributed by atoms with Gasteiger partial charge in [-0.1, -0.05) is 26.8 Å². The highest BCUT2D eigenvalue weighted by Gasteiger charge is 2.41. The number of rotatable bonds is 4. The fraction of sp³-hybridized carbons (Fsp3) is 0.464. The van der Waals surface area contributed by atoms with Gasteiger partial charge >= 0.3 is 0 Å². The molecule has 190 valence electrons. The molecule has 0 aliphatic carbocycles. The molecule has 36 heavy (non-hydrogen) atoms. The predicted molar refractivity (Wildman–Crippen MR) is 140 cm³/mol. The zero-order valence-electron chi connectivity index (χ0n) is 22.0. The molecule has 1 saturated heterocycles. The topological polar surface area (TPSA) is 74.4 Å². The maximum absolute atomic E-state index is 14.0. The summed E-state index contributed by atoms with van der Waals surface area (Å²) in [6, 6.07) is 12.1. The maximum Gasteiger partial charge on any atom is 0.252 e. The van der Waals surface area contributed by atoms with Crippen molar-refractivity contribution in [1.29, 1.82) is 5.26 Å². The van der Waals surface area contributed by atoms with Gasteiger partial charge < -0.3 is 14.2 Å². The van der Waals surface area contributed by atoms with E-state index in [1.165, 1.54) is 12.1 Å². The molecule has 1 aromatic carbocycles. The summed E-state index contributed by atoms with van der Waals surface area (Å²) in [6.07, 6.45) is 0. The summed E-state index contributed by atoms with van der Waals surface area (Å²) >= 11 is 0. The van der Waals surface area contributed by atoms with Crippen LogP contribution in [0.1, 0.15) is 51.9 Å². The first-order chi connectivity index (χ1) is 17.0. The van der Waals surface area contributed by atoms with Gasteiger partial charge in [-0.25, -0.2) is 9.37 Å². The second kappa shape index (κ2) is 9.55. The van der Waals surface area contributed by atoms with E-state index in [2.05, 4.69) is 55.5 Å². The van der Waals surface area contributed by atoms with E-state index in [-0.39, 0.29) is 34.9 Å². The van der Waals surface area contributed by atoms with Crippen molar-refractivity contribution in [2.45, 2.75) is 52.7 Å². The number of ether oxygens (including phenoxy) is 1. The van der Waals surface area contributed by atoms with Gasteiger partial charge in [-0.2, -0.15) is 5.26 Å². The number of piperazine rings is 1. The van der Waals surface area contributed by atoms with Crippen LogP contribution in [-0.2, 0) is 7.05 Å². The maximum atomic E-state index is 14.0. The van der Waals surface area contributed by atoms with Gasteiger partial charge in [0.15, 0.2) is 0 Å². The van der Waals surface area contributed by atoms with Crippen molar-refractivity contribution < 1.29 is 9.13 Å². The molecule has 0 spiro atoms. The normalized spacial score (nSPS) is 19.8. The van der Waals surface area contributed by atoms with Crippen LogP contribution in [0.25, 0.3) is 11.0 Å². The lowest BCUT2D eigenvalue weighted by Gasteiger charge is -2.51. The van der Waals surface area contributed by atoms with E-state index in [4.69, 9.17) is 4.74 Å². The number of nitrogens with zero attached hydrogens (tertiary/aromatic N) is 5. The van der Waals surface area contributed by atoms with E-state index in [1.807, 2.05) is 6.07 Å². The first kappa shape index (κ1) is 25.6. The number of methoxy groups -OCH3 is 1. The number of aryl methyl sites for hydroxylation is 1. The Hall–Kier alpha value is -3.44. The second-order valence-electron chi connectivity index (χ2n) is 10.8. The Balaban J connectivity index is 1.77. The summed E-state index contributed by atoms with van der Waals surface area (Å²) in [5, 5.41) is 9.42. The van der Waals surface area contributed by atoms with Gasteiger partial charge in [0, 0.05) is 56.0 Å². The third kappa shape index (κ3) is 4.56. The van der Waals surface area contributed by atoms with Crippen LogP contribution < -0.4 is 15.2 Å². The first-order valence-electron chi connectivity index (χ1n) is 12.2. The number of aromatic nitrogens is 2. The molecular weight excluding hydrogens is 457 g/mol. The van der Waals surface area contributed by atoms with Gasteiger partial charge in [0.1, 0.15) is 28.8 Å². The minimum atomic E-state index is -0.323. The summed E-state index contributed by atoms with van der Waals surface area (Å²) in [6.45, 7) is 12.3. The Labute approximate surface area is 211 Å². The molecule has 1 aliphatic rings. The van der Waals surface area contributed by atoms with E-state index in [0.717, 1.165) is 17.8 Å². The third-order valence-electron chi connectivity index (χ3n) is 7.17. The Morgan fingerprint density at radius 1 is 1.14 bits per heavy atom. The molecule has 1 aliphatic heterocycles. The summed E-state index contributed by atoms with van der Waals surface area (Å²) in [7, 11) is 3.29. The number of anilines is 1.